The molecule has 1 aliphatic heterocycles. The Morgan fingerprint density at radius 3 is 2.45 bits per heavy atom. The fourth-order valence-corrected chi connectivity index (χ4v) is 4.03. The van der Waals surface area contributed by atoms with E-state index < -0.39 is 11.1 Å². The van der Waals surface area contributed by atoms with Gasteiger partial charge in [0.05, 0.1) is 10.0 Å². The average molecular weight is 489 g/mol. The van der Waals surface area contributed by atoms with E-state index in [-0.39, 0.29) is 17.2 Å². The van der Waals surface area contributed by atoms with E-state index in [2.05, 4.69) is 15.0 Å². The molecule has 0 N–H and O–H groups in total. The van der Waals surface area contributed by atoms with Crippen LogP contribution in [-0.2, 0) is 11.9 Å². The summed E-state index contributed by atoms with van der Waals surface area (Å²) in [7, 11) is 0. The molecule has 11 heteroatoms. The van der Waals surface area contributed by atoms with Crippen molar-refractivity contribution in [1.29, 1.82) is 0 Å². The van der Waals surface area contributed by atoms with Crippen LogP contribution in [0.5, 0.6) is 0 Å². The SMILES string of the molecule is Cc1cc(C(F)(F)Cl)n2nc(C(=O)N3CCN(Cc4ccc(Cl)c(Cl)c4)CC3)cc2n1. The predicted octanol–water partition coefficient (Wildman–Crippen LogP) is 4.59. The lowest BCUT2D eigenvalue weighted by molar-refractivity contribution is 0.0620. The summed E-state index contributed by atoms with van der Waals surface area (Å²) in [6.45, 7) is 4.54. The maximum Gasteiger partial charge on any atom is 0.364 e. The Kier molecular flexibility index (Phi) is 6.09. The zero-order valence-electron chi connectivity index (χ0n) is 16.5. The number of carbonyl (C=O) groups is 1. The van der Waals surface area contributed by atoms with E-state index >= 15 is 0 Å². The molecule has 0 saturated carbocycles. The highest BCUT2D eigenvalue weighted by atomic mass is 35.5. The number of benzene rings is 1. The Bertz CT molecular complexity index is 1140. The fourth-order valence-electron chi connectivity index (χ4n) is 3.57. The molecule has 1 aromatic carbocycles. The van der Waals surface area contributed by atoms with Crippen LogP contribution in [0.2, 0.25) is 10.0 Å². The highest BCUT2D eigenvalue weighted by Crippen LogP contribution is 2.32. The van der Waals surface area contributed by atoms with Crippen molar-refractivity contribution in [3.8, 4) is 0 Å². The van der Waals surface area contributed by atoms with Crippen LogP contribution < -0.4 is 0 Å². The van der Waals surface area contributed by atoms with Crippen LogP contribution in [-0.4, -0.2) is 56.5 Å². The first-order chi connectivity index (χ1) is 14.6. The molecular formula is C20H18Cl3F2N5O. The Labute approximate surface area is 192 Å². The van der Waals surface area contributed by atoms with Crippen LogP contribution in [0.25, 0.3) is 5.65 Å². The van der Waals surface area contributed by atoms with Crippen molar-refractivity contribution in [3.63, 3.8) is 0 Å². The van der Waals surface area contributed by atoms with E-state index in [1.807, 2.05) is 12.1 Å². The third kappa shape index (κ3) is 4.77. The van der Waals surface area contributed by atoms with Crippen molar-refractivity contribution in [3.05, 3.63) is 63.0 Å². The highest BCUT2D eigenvalue weighted by Gasteiger charge is 2.33. The van der Waals surface area contributed by atoms with Gasteiger partial charge in [-0.05, 0) is 42.3 Å². The molecule has 1 fully saturated rings. The number of aryl methyl sites for hydroxylation is 1. The Morgan fingerprint density at radius 2 is 1.81 bits per heavy atom. The van der Waals surface area contributed by atoms with Gasteiger partial charge in [-0.15, -0.1) is 0 Å². The molecule has 6 nitrogen and oxygen atoms in total. The van der Waals surface area contributed by atoms with Gasteiger partial charge < -0.3 is 4.90 Å². The summed E-state index contributed by atoms with van der Waals surface area (Å²) in [5.74, 6) is -0.332. The van der Waals surface area contributed by atoms with Gasteiger partial charge in [-0.3, -0.25) is 9.69 Å². The molecule has 3 aromatic rings. The van der Waals surface area contributed by atoms with E-state index in [9.17, 15) is 13.6 Å². The second-order valence-corrected chi connectivity index (χ2v) is 8.69. The van der Waals surface area contributed by atoms with Crippen LogP contribution in [0.4, 0.5) is 8.78 Å². The molecule has 1 saturated heterocycles. The number of piperazine rings is 1. The second-order valence-electron chi connectivity index (χ2n) is 7.40. The first-order valence-corrected chi connectivity index (χ1v) is 10.7. The van der Waals surface area contributed by atoms with Crippen LogP contribution in [0.3, 0.4) is 0 Å². The van der Waals surface area contributed by atoms with Gasteiger partial charge in [-0.1, -0.05) is 29.3 Å². The Morgan fingerprint density at radius 1 is 1.10 bits per heavy atom. The number of alkyl halides is 3. The summed E-state index contributed by atoms with van der Waals surface area (Å²) >= 11 is 17.2. The molecule has 31 heavy (non-hydrogen) atoms. The topological polar surface area (TPSA) is 53.7 Å². The van der Waals surface area contributed by atoms with Crippen LogP contribution in [0.1, 0.15) is 27.4 Å². The number of nitrogens with zero attached hydrogens (tertiary/aromatic N) is 5. The standard InChI is InChI=1S/C20H18Cl3F2N5O/c1-12-8-17(20(23,24)25)30-18(26-12)10-16(27-30)19(31)29-6-4-28(5-7-29)11-13-2-3-14(21)15(22)9-13/h2-3,8-10H,4-7,11H2,1H3. The van der Waals surface area contributed by atoms with E-state index in [1.165, 1.54) is 6.07 Å². The smallest absolute Gasteiger partial charge is 0.335 e. The minimum atomic E-state index is -3.63. The van der Waals surface area contributed by atoms with Crippen molar-refractivity contribution in [2.45, 2.75) is 18.9 Å². The maximum absolute atomic E-state index is 13.8. The summed E-state index contributed by atoms with van der Waals surface area (Å²) in [4.78, 5) is 20.9. The van der Waals surface area contributed by atoms with Crippen molar-refractivity contribution in [2.75, 3.05) is 26.2 Å². The van der Waals surface area contributed by atoms with Gasteiger partial charge in [-0.2, -0.15) is 13.9 Å². The summed E-state index contributed by atoms with van der Waals surface area (Å²) in [6.07, 6.45) is 0. The van der Waals surface area contributed by atoms with Crippen molar-refractivity contribution in [2.24, 2.45) is 0 Å². The van der Waals surface area contributed by atoms with Gasteiger partial charge in [0.15, 0.2) is 11.3 Å². The lowest BCUT2D eigenvalue weighted by Gasteiger charge is -2.34. The third-order valence-electron chi connectivity index (χ3n) is 5.11. The lowest BCUT2D eigenvalue weighted by atomic mass is 10.2. The first-order valence-electron chi connectivity index (χ1n) is 9.52. The van der Waals surface area contributed by atoms with Crippen molar-refractivity contribution >= 4 is 46.4 Å². The molecule has 0 bridgehead atoms. The average Bonchev–Trinajstić information content (AvgIpc) is 3.13. The highest BCUT2D eigenvalue weighted by molar-refractivity contribution is 6.42. The summed E-state index contributed by atoms with van der Waals surface area (Å²) in [6, 6.07) is 8.07. The number of aromatic nitrogens is 3. The molecule has 0 atom stereocenters. The Balaban J connectivity index is 1.46. The lowest BCUT2D eigenvalue weighted by Crippen LogP contribution is -2.48. The molecule has 4 rings (SSSR count). The van der Waals surface area contributed by atoms with Crippen LogP contribution >= 0.6 is 34.8 Å². The number of hydrogen-bond donors (Lipinski definition) is 0. The number of hydrogen-bond acceptors (Lipinski definition) is 4. The maximum atomic E-state index is 13.8. The first kappa shape index (κ1) is 22.2. The van der Waals surface area contributed by atoms with E-state index in [1.54, 1.807) is 17.9 Å². The molecule has 0 radical (unpaired) electrons. The number of fused-ring (bicyclic) bond motifs is 1. The molecular weight excluding hydrogens is 471 g/mol. The summed E-state index contributed by atoms with van der Waals surface area (Å²) in [5.41, 5.74) is 1.07. The molecule has 164 valence electrons. The molecule has 1 aliphatic rings. The molecule has 3 heterocycles. The number of amides is 1. The van der Waals surface area contributed by atoms with Crippen LogP contribution in [0.15, 0.2) is 30.3 Å². The van der Waals surface area contributed by atoms with Gasteiger partial charge in [0, 0.05) is 44.5 Å². The van der Waals surface area contributed by atoms with Gasteiger partial charge in [0.2, 0.25) is 0 Å². The second kappa shape index (κ2) is 8.50. The van der Waals surface area contributed by atoms with E-state index in [0.29, 0.717) is 48.5 Å². The predicted molar refractivity (Wildman–Crippen MR) is 115 cm³/mol. The zero-order chi connectivity index (χ0) is 22.3. The minimum absolute atomic E-state index is 0.0539. The summed E-state index contributed by atoms with van der Waals surface area (Å²) in [5, 5.41) is 1.44. The minimum Gasteiger partial charge on any atom is -0.335 e. The number of carbonyl (C=O) groups excluding carboxylic acids is 1. The molecule has 0 spiro atoms. The number of rotatable bonds is 4. The number of halogens is 5. The van der Waals surface area contributed by atoms with Gasteiger partial charge >= 0.3 is 5.38 Å². The molecule has 2 aromatic heterocycles. The van der Waals surface area contributed by atoms with Crippen molar-refractivity contribution < 1.29 is 13.6 Å². The van der Waals surface area contributed by atoms with Gasteiger partial charge in [-0.25, -0.2) is 9.50 Å². The van der Waals surface area contributed by atoms with E-state index in [0.717, 1.165) is 16.1 Å². The summed E-state index contributed by atoms with van der Waals surface area (Å²) < 4.78 is 28.4. The molecule has 0 aliphatic carbocycles. The normalized spacial score (nSPS) is 15.6. The largest absolute Gasteiger partial charge is 0.364 e. The molecule has 1 amide bonds. The molecule has 0 unspecified atom stereocenters. The van der Waals surface area contributed by atoms with Crippen LogP contribution in [0, 0.1) is 6.92 Å². The van der Waals surface area contributed by atoms with Gasteiger partial charge in [0.1, 0.15) is 5.69 Å². The van der Waals surface area contributed by atoms with Gasteiger partial charge in [0.25, 0.3) is 5.91 Å². The van der Waals surface area contributed by atoms with Crippen molar-refractivity contribution in [1.82, 2.24) is 24.4 Å². The zero-order valence-corrected chi connectivity index (χ0v) is 18.7. The fraction of sp³-hybridized carbons (Fsp3) is 0.350. The Hall–Kier alpha value is -2.00. The van der Waals surface area contributed by atoms with E-state index in [4.69, 9.17) is 34.8 Å². The monoisotopic (exact) mass is 487 g/mol. The third-order valence-corrected chi connectivity index (χ3v) is 6.05. The quantitative estimate of drug-likeness (QED) is 0.504.